The summed E-state index contributed by atoms with van der Waals surface area (Å²) in [6, 6.07) is 12.2. The molecular formula is C20H24N2O2. The van der Waals surface area contributed by atoms with Crippen molar-refractivity contribution in [3.8, 4) is 0 Å². The van der Waals surface area contributed by atoms with Crippen molar-refractivity contribution < 1.29 is 9.21 Å². The fraction of sp³-hybridized carbons (Fsp3) is 0.350. The van der Waals surface area contributed by atoms with Gasteiger partial charge in [0.05, 0.1) is 6.26 Å². The Morgan fingerprint density at radius 3 is 2.79 bits per heavy atom. The molecule has 4 nitrogen and oxygen atoms in total. The molecule has 0 unspecified atom stereocenters. The van der Waals surface area contributed by atoms with Gasteiger partial charge in [-0.15, -0.1) is 0 Å². The maximum Gasteiger partial charge on any atom is 0.244 e. The molecule has 126 valence electrons. The number of amides is 1. The van der Waals surface area contributed by atoms with Crippen LogP contribution in [0.2, 0.25) is 0 Å². The minimum atomic E-state index is -0.100. The molecule has 1 aromatic carbocycles. The maximum absolute atomic E-state index is 12.0. The summed E-state index contributed by atoms with van der Waals surface area (Å²) in [7, 11) is 0. The molecule has 0 bridgehead atoms. The number of benzene rings is 1. The van der Waals surface area contributed by atoms with Crippen molar-refractivity contribution in [2.24, 2.45) is 0 Å². The Morgan fingerprint density at radius 1 is 1.25 bits per heavy atom. The van der Waals surface area contributed by atoms with Crippen LogP contribution in [0.4, 0.5) is 0 Å². The van der Waals surface area contributed by atoms with Gasteiger partial charge in [-0.25, -0.2) is 0 Å². The Kier molecular flexibility index (Phi) is 4.86. The van der Waals surface area contributed by atoms with E-state index in [0.29, 0.717) is 12.3 Å². The number of nitrogens with zero attached hydrogens (tertiary/aromatic N) is 1. The van der Waals surface area contributed by atoms with Crippen LogP contribution in [-0.2, 0) is 17.8 Å². The lowest BCUT2D eigenvalue weighted by atomic mass is 9.94. The first kappa shape index (κ1) is 16.5. The normalized spacial score (nSPS) is 15.4. The van der Waals surface area contributed by atoms with E-state index in [1.54, 1.807) is 18.4 Å². The average molecular weight is 324 g/mol. The van der Waals surface area contributed by atoms with Gasteiger partial charge < -0.3 is 9.73 Å². The van der Waals surface area contributed by atoms with Crippen LogP contribution >= 0.6 is 0 Å². The molecule has 1 aliphatic rings. The fourth-order valence-corrected chi connectivity index (χ4v) is 3.03. The highest BCUT2D eigenvalue weighted by atomic mass is 16.3. The zero-order valence-electron chi connectivity index (χ0n) is 14.3. The highest BCUT2D eigenvalue weighted by Crippen LogP contribution is 2.24. The van der Waals surface area contributed by atoms with Gasteiger partial charge in [-0.1, -0.05) is 24.3 Å². The van der Waals surface area contributed by atoms with Crippen LogP contribution < -0.4 is 5.32 Å². The van der Waals surface area contributed by atoms with Crippen molar-refractivity contribution in [1.29, 1.82) is 0 Å². The van der Waals surface area contributed by atoms with Gasteiger partial charge in [-0.3, -0.25) is 9.69 Å². The van der Waals surface area contributed by atoms with Crippen LogP contribution in [0.1, 0.15) is 30.7 Å². The lowest BCUT2D eigenvalue weighted by Crippen LogP contribution is -2.53. The van der Waals surface area contributed by atoms with E-state index in [0.717, 1.165) is 19.5 Å². The van der Waals surface area contributed by atoms with Gasteiger partial charge in [-0.05, 0) is 49.6 Å². The Bertz CT molecular complexity index is 717. The summed E-state index contributed by atoms with van der Waals surface area (Å²) < 4.78 is 5.18. The van der Waals surface area contributed by atoms with Crippen molar-refractivity contribution in [3.05, 3.63) is 65.6 Å². The number of furan rings is 1. The largest absolute Gasteiger partial charge is 0.465 e. The second kappa shape index (κ2) is 7.05. The lowest BCUT2D eigenvalue weighted by molar-refractivity contribution is -0.117. The summed E-state index contributed by atoms with van der Waals surface area (Å²) in [5.74, 6) is 0.578. The van der Waals surface area contributed by atoms with Crippen LogP contribution in [0.25, 0.3) is 6.08 Å². The Morgan fingerprint density at radius 2 is 2.04 bits per heavy atom. The van der Waals surface area contributed by atoms with Crippen LogP contribution in [0, 0.1) is 0 Å². The van der Waals surface area contributed by atoms with Crippen LogP contribution in [0.3, 0.4) is 0 Å². The minimum Gasteiger partial charge on any atom is -0.465 e. The van der Waals surface area contributed by atoms with E-state index in [1.165, 1.54) is 17.2 Å². The lowest BCUT2D eigenvalue weighted by Gasteiger charge is -2.41. The van der Waals surface area contributed by atoms with Crippen molar-refractivity contribution in [1.82, 2.24) is 10.2 Å². The highest BCUT2D eigenvalue weighted by molar-refractivity contribution is 5.91. The molecule has 0 radical (unpaired) electrons. The molecule has 0 spiro atoms. The van der Waals surface area contributed by atoms with Crippen molar-refractivity contribution in [3.63, 3.8) is 0 Å². The number of nitrogens with one attached hydrogen (secondary N) is 1. The molecule has 24 heavy (non-hydrogen) atoms. The van der Waals surface area contributed by atoms with Crippen LogP contribution in [0.15, 0.2) is 53.2 Å². The molecule has 0 fully saturated rings. The molecule has 1 aromatic heterocycles. The second-order valence-corrected chi connectivity index (χ2v) is 6.82. The predicted molar refractivity (Wildman–Crippen MR) is 95.4 cm³/mol. The smallest absolute Gasteiger partial charge is 0.244 e. The molecule has 4 heteroatoms. The first-order chi connectivity index (χ1) is 11.5. The number of carbonyl (C=O) groups is 1. The zero-order chi connectivity index (χ0) is 17.0. The van der Waals surface area contributed by atoms with Gasteiger partial charge in [0.15, 0.2) is 0 Å². The standard InChI is InChI=1S/C20H24N2O2/c1-20(2,15-21-19(23)10-9-18-8-5-13-24-18)22-12-11-16-6-3-4-7-17(16)14-22/h3-10,13H,11-12,14-15H2,1-2H3,(H,21,23)/b10-9+. The molecule has 0 saturated carbocycles. The number of carbonyl (C=O) groups excluding carboxylic acids is 1. The Balaban J connectivity index is 1.55. The van der Waals surface area contributed by atoms with Gasteiger partial charge in [0.2, 0.25) is 5.91 Å². The number of hydrogen-bond acceptors (Lipinski definition) is 3. The van der Waals surface area contributed by atoms with Crippen molar-refractivity contribution in [2.75, 3.05) is 13.1 Å². The van der Waals surface area contributed by atoms with Crippen molar-refractivity contribution in [2.45, 2.75) is 32.4 Å². The molecule has 1 aliphatic heterocycles. The summed E-state index contributed by atoms with van der Waals surface area (Å²) in [6.07, 6.45) is 5.85. The van der Waals surface area contributed by atoms with E-state index >= 15 is 0 Å². The highest BCUT2D eigenvalue weighted by Gasteiger charge is 2.29. The quantitative estimate of drug-likeness (QED) is 0.859. The van der Waals surface area contributed by atoms with Gasteiger partial charge in [0.25, 0.3) is 0 Å². The summed E-state index contributed by atoms with van der Waals surface area (Å²) in [6.45, 7) is 6.91. The number of hydrogen-bond donors (Lipinski definition) is 1. The molecule has 2 aromatic rings. The SMILES string of the molecule is CC(C)(CNC(=O)/C=C/c1ccco1)N1CCc2ccccc2C1. The Hall–Kier alpha value is -2.33. The third kappa shape index (κ3) is 3.95. The summed E-state index contributed by atoms with van der Waals surface area (Å²) >= 11 is 0. The number of rotatable bonds is 5. The summed E-state index contributed by atoms with van der Waals surface area (Å²) in [5.41, 5.74) is 2.73. The van der Waals surface area contributed by atoms with Crippen LogP contribution in [-0.4, -0.2) is 29.4 Å². The van der Waals surface area contributed by atoms with Gasteiger partial charge >= 0.3 is 0 Å². The van der Waals surface area contributed by atoms with Gasteiger partial charge in [-0.2, -0.15) is 0 Å². The zero-order valence-corrected chi connectivity index (χ0v) is 14.3. The minimum absolute atomic E-state index is 0.0955. The van der Waals surface area contributed by atoms with Gasteiger partial charge in [0, 0.05) is 31.2 Å². The first-order valence-electron chi connectivity index (χ1n) is 8.36. The second-order valence-electron chi connectivity index (χ2n) is 6.82. The molecule has 1 N–H and O–H groups in total. The molecule has 0 aliphatic carbocycles. The topological polar surface area (TPSA) is 45.5 Å². The third-order valence-electron chi connectivity index (χ3n) is 4.62. The molecule has 0 atom stereocenters. The molecular weight excluding hydrogens is 300 g/mol. The van der Waals surface area contributed by atoms with Crippen LogP contribution in [0.5, 0.6) is 0 Å². The summed E-state index contributed by atoms with van der Waals surface area (Å²) in [4.78, 5) is 14.4. The van der Waals surface area contributed by atoms with E-state index in [1.807, 2.05) is 6.07 Å². The first-order valence-corrected chi connectivity index (χ1v) is 8.36. The van der Waals surface area contributed by atoms with Crippen molar-refractivity contribution >= 4 is 12.0 Å². The molecule has 3 rings (SSSR count). The van der Waals surface area contributed by atoms with E-state index in [4.69, 9.17) is 4.42 Å². The molecule has 2 heterocycles. The van der Waals surface area contributed by atoms with E-state index in [-0.39, 0.29) is 11.4 Å². The summed E-state index contributed by atoms with van der Waals surface area (Å²) in [5, 5.41) is 3.00. The Labute approximate surface area is 143 Å². The predicted octanol–water partition coefficient (Wildman–Crippen LogP) is 3.25. The number of fused-ring (bicyclic) bond motifs is 1. The third-order valence-corrected chi connectivity index (χ3v) is 4.62. The van der Waals surface area contributed by atoms with E-state index < -0.39 is 0 Å². The van der Waals surface area contributed by atoms with Gasteiger partial charge in [0.1, 0.15) is 5.76 Å². The molecule has 1 amide bonds. The maximum atomic E-state index is 12.0. The fourth-order valence-electron chi connectivity index (χ4n) is 3.03. The van der Waals surface area contributed by atoms with E-state index in [9.17, 15) is 4.79 Å². The van der Waals surface area contributed by atoms with E-state index in [2.05, 4.69) is 48.3 Å². The monoisotopic (exact) mass is 324 g/mol. The average Bonchev–Trinajstić information content (AvgIpc) is 3.11. The molecule has 0 saturated heterocycles.